The van der Waals surface area contributed by atoms with Crippen LogP contribution in [0, 0.1) is 0 Å². The van der Waals surface area contributed by atoms with Crippen LogP contribution >= 0.6 is 34.5 Å². The molecule has 8 nitrogen and oxygen atoms in total. The number of hydrogen-bond acceptors (Lipinski definition) is 7. The van der Waals surface area contributed by atoms with Crippen LogP contribution in [0.2, 0.25) is 10.0 Å². The molecular weight excluding hydrogens is 559 g/mol. The molecule has 0 atom stereocenters. The molecule has 5 rings (SSSR count). The van der Waals surface area contributed by atoms with Crippen molar-refractivity contribution in [1.29, 1.82) is 0 Å². The van der Waals surface area contributed by atoms with Crippen LogP contribution in [-0.4, -0.2) is 35.0 Å². The maximum absolute atomic E-state index is 12.7. The van der Waals surface area contributed by atoms with Gasteiger partial charge < -0.3 is 9.47 Å². The van der Waals surface area contributed by atoms with E-state index in [1.54, 1.807) is 66.5 Å². The van der Waals surface area contributed by atoms with Crippen LogP contribution in [0.4, 0.5) is 0 Å². The van der Waals surface area contributed by atoms with Crippen molar-refractivity contribution in [3.8, 4) is 11.5 Å². The van der Waals surface area contributed by atoms with Gasteiger partial charge in [0.2, 0.25) is 0 Å². The molecule has 0 aliphatic heterocycles. The Bertz CT molecular complexity index is 1680. The SMILES string of the molecule is COc1ccc2c(Cl)c(C(=O)Oc3ccc(C=NNC(=O)c4ccn(Cc5ccc(Cl)cc5)n4)cc3)sc2c1. The quantitative estimate of drug-likeness (QED) is 0.0988. The number of thiophene rings is 1. The highest BCUT2D eigenvalue weighted by molar-refractivity contribution is 7.21. The van der Waals surface area contributed by atoms with Gasteiger partial charge in [-0.15, -0.1) is 11.3 Å². The van der Waals surface area contributed by atoms with Gasteiger partial charge in [0.1, 0.15) is 16.4 Å². The van der Waals surface area contributed by atoms with Crippen molar-refractivity contribution in [1.82, 2.24) is 15.2 Å². The van der Waals surface area contributed by atoms with E-state index in [1.807, 2.05) is 24.3 Å². The summed E-state index contributed by atoms with van der Waals surface area (Å²) in [6, 6.07) is 21.1. The molecule has 196 valence electrons. The smallest absolute Gasteiger partial charge is 0.355 e. The fourth-order valence-corrected chi connectivity index (χ4v) is 5.19. The Kier molecular flexibility index (Phi) is 7.92. The predicted octanol–water partition coefficient (Wildman–Crippen LogP) is 6.44. The van der Waals surface area contributed by atoms with E-state index in [2.05, 4.69) is 15.6 Å². The second kappa shape index (κ2) is 11.7. The molecule has 11 heteroatoms. The molecule has 0 radical (unpaired) electrons. The third-order valence-corrected chi connectivity index (χ3v) is 7.51. The molecule has 0 saturated carbocycles. The number of hydrogen-bond donors (Lipinski definition) is 1. The molecule has 1 N–H and O–H groups in total. The maximum Gasteiger partial charge on any atom is 0.355 e. The topological polar surface area (TPSA) is 94.8 Å². The zero-order chi connectivity index (χ0) is 27.4. The van der Waals surface area contributed by atoms with Gasteiger partial charge in [-0.25, -0.2) is 10.2 Å². The van der Waals surface area contributed by atoms with Crippen molar-refractivity contribution in [3.63, 3.8) is 0 Å². The Balaban J connectivity index is 1.16. The number of carbonyl (C=O) groups is 2. The first kappa shape index (κ1) is 26.4. The lowest BCUT2D eigenvalue weighted by Crippen LogP contribution is -2.18. The van der Waals surface area contributed by atoms with Gasteiger partial charge in [-0.1, -0.05) is 35.3 Å². The average molecular weight is 579 g/mol. The summed E-state index contributed by atoms with van der Waals surface area (Å²) in [6.07, 6.45) is 3.19. The molecule has 3 aromatic carbocycles. The van der Waals surface area contributed by atoms with Crippen LogP contribution < -0.4 is 14.9 Å². The minimum absolute atomic E-state index is 0.238. The molecule has 39 heavy (non-hydrogen) atoms. The predicted molar refractivity (Wildman–Crippen MR) is 153 cm³/mol. The highest BCUT2D eigenvalue weighted by Gasteiger charge is 2.19. The highest BCUT2D eigenvalue weighted by atomic mass is 35.5. The van der Waals surface area contributed by atoms with Crippen molar-refractivity contribution in [2.75, 3.05) is 7.11 Å². The Hall–Kier alpha value is -4.18. The van der Waals surface area contributed by atoms with Gasteiger partial charge in [0.05, 0.1) is 24.9 Å². The van der Waals surface area contributed by atoms with E-state index in [-0.39, 0.29) is 5.69 Å². The summed E-state index contributed by atoms with van der Waals surface area (Å²) < 4.78 is 13.2. The largest absolute Gasteiger partial charge is 0.497 e. The Labute approximate surface area is 237 Å². The van der Waals surface area contributed by atoms with E-state index in [9.17, 15) is 9.59 Å². The fraction of sp³-hybridized carbons (Fsp3) is 0.0714. The van der Waals surface area contributed by atoms with Crippen LogP contribution in [0.15, 0.2) is 84.1 Å². The number of halogens is 2. The van der Waals surface area contributed by atoms with Gasteiger partial charge in [0.15, 0.2) is 5.69 Å². The summed E-state index contributed by atoms with van der Waals surface area (Å²) in [5.74, 6) is 0.0324. The summed E-state index contributed by atoms with van der Waals surface area (Å²) in [7, 11) is 1.58. The number of carbonyl (C=O) groups excluding carboxylic acids is 2. The van der Waals surface area contributed by atoms with Crippen molar-refractivity contribution in [2.45, 2.75) is 6.54 Å². The lowest BCUT2D eigenvalue weighted by Gasteiger charge is -2.03. The lowest BCUT2D eigenvalue weighted by molar-refractivity contribution is 0.0739. The van der Waals surface area contributed by atoms with E-state index < -0.39 is 11.9 Å². The summed E-state index contributed by atoms with van der Waals surface area (Å²) in [4.78, 5) is 25.4. The summed E-state index contributed by atoms with van der Waals surface area (Å²) in [5.41, 5.74) is 4.39. The number of rotatable bonds is 8. The zero-order valence-electron chi connectivity index (χ0n) is 20.4. The van der Waals surface area contributed by atoms with Crippen LogP contribution in [0.3, 0.4) is 0 Å². The van der Waals surface area contributed by atoms with Crippen LogP contribution in [0.1, 0.15) is 31.3 Å². The van der Waals surface area contributed by atoms with Crippen molar-refractivity contribution in [2.24, 2.45) is 5.10 Å². The molecule has 0 aliphatic rings. The van der Waals surface area contributed by atoms with E-state index in [4.69, 9.17) is 32.7 Å². The van der Waals surface area contributed by atoms with Crippen LogP contribution in [0.5, 0.6) is 11.5 Å². The molecule has 0 spiro atoms. The second-order valence-electron chi connectivity index (χ2n) is 8.29. The number of aromatic nitrogens is 2. The highest BCUT2D eigenvalue weighted by Crippen LogP contribution is 2.37. The number of ether oxygens (including phenoxy) is 2. The second-order valence-corrected chi connectivity index (χ2v) is 10.2. The maximum atomic E-state index is 12.7. The molecule has 2 aromatic heterocycles. The van der Waals surface area contributed by atoms with E-state index in [0.717, 1.165) is 15.6 Å². The van der Waals surface area contributed by atoms with E-state index in [0.29, 0.717) is 38.5 Å². The number of benzene rings is 3. The average Bonchev–Trinajstić information content (AvgIpc) is 3.55. The number of nitrogens with one attached hydrogen (secondary N) is 1. The minimum atomic E-state index is -0.552. The third-order valence-electron chi connectivity index (χ3n) is 5.62. The van der Waals surface area contributed by atoms with Crippen molar-refractivity contribution >= 4 is 62.7 Å². The third kappa shape index (κ3) is 6.28. The van der Waals surface area contributed by atoms with Gasteiger partial charge in [-0.2, -0.15) is 10.2 Å². The molecule has 0 fully saturated rings. The van der Waals surface area contributed by atoms with Crippen LogP contribution in [0.25, 0.3) is 10.1 Å². The molecule has 2 heterocycles. The number of nitrogens with zero attached hydrogens (tertiary/aromatic N) is 3. The Morgan fingerprint density at radius 3 is 2.51 bits per heavy atom. The monoisotopic (exact) mass is 578 g/mol. The van der Waals surface area contributed by atoms with Gasteiger partial charge in [0, 0.05) is 21.3 Å². The fourth-order valence-electron chi connectivity index (χ4n) is 3.65. The van der Waals surface area contributed by atoms with E-state index >= 15 is 0 Å². The standard InChI is InChI=1S/C28H20Cl2N4O4S/c1-37-21-10-11-22-24(14-21)39-26(25(22)30)28(36)38-20-8-4-17(5-9-20)15-31-32-27(35)23-12-13-34(33-23)16-18-2-6-19(29)7-3-18/h2-15H,16H2,1H3,(H,32,35). The van der Waals surface area contributed by atoms with Gasteiger partial charge in [-0.3, -0.25) is 9.48 Å². The molecule has 5 aromatic rings. The molecular formula is C28H20Cl2N4O4S. The number of methoxy groups -OCH3 is 1. The van der Waals surface area contributed by atoms with Crippen LogP contribution in [-0.2, 0) is 6.54 Å². The molecule has 1 amide bonds. The van der Waals surface area contributed by atoms with E-state index in [1.165, 1.54) is 17.6 Å². The number of hydrazone groups is 1. The van der Waals surface area contributed by atoms with Gasteiger partial charge in [-0.05, 0) is 71.8 Å². The van der Waals surface area contributed by atoms with Gasteiger partial charge in [0.25, 0.3) is 5.91 Å². The molecule has 0 unspecified atom stereocenters. The Morgan fingerprint density at radius 2 is 1.77 bits per heavy atom. The Morgan fingerprint density at radius 1 is 1.03 bits per heavy atom. The van der Waals surface area contributed by atoms with Crippen molar-refractivity contribution in [3.05, 3.63) is 111 Å². The molecule has 0 bridgehead atoms. The number of esters is 1. The number of fused-ring (bicyclic) bond motifs is 1. The summed E-state index contributed by atoms with van der Waals surface area (Å²) in [5, 5.41) is 10.0. The first-order valence-electron chi connectivity index (χ1n) is 11.6. The molecule has 0 aliphatic carbocycles. The van der Waals surface area contributed by atoms with Crippen molar-refractivity contribution < 1.29 is 19.1 Å². The van der Waals surface area contributed by atoms with Gasteiger partial charge >= 0.3 is 5.97 Å². The summed E-state index contributed by atoms with van der Waals surface area (Å²) >= 11 is 13.6. The molecule has 0 saturated heterocycles. The first-order chi connectivity index (χ1) is 18.9. The summed E-state index contributed by atoms with van der Waals surface area (Å²) in [6.45, 7) is 0.508. The normalized spacial score (nSPS) is 11.2. The zero-order valence-corrected chi connectivity index (χ0v) is 22.8. The number of amides is 1. The minimum Gasteiger partial charge on any atom is -0.497 e. The first-order valence-corrected chi connectivity index (χ1v) is 13.2. The lowest BCUT2D eigenvalue weighted by atomic mass is 10.2.